The maximum absolute atomic E-state index is 13.2. The molecule has 2 N–H and O–H groups in total. The normalized spacial score (nSPS) is 23.5. The number of carbonyl (C=O) groups is 1. The Morgan fingerprint density at radius 2 is 1.85 bits per heavy atom. The van der Waals surface area contributed by atoms with E-state index in [1.807, 2.05) is 32.9 Å². The largest absolute Gasteiger partial charge is 0.369 e. The van der Waals surface area contributed by atoms with Crippen LogP contribution in [0.4, 0.5) is 0 Å². The molecule has 1 aromatic heterocycles. The molecule has 3 rings (SSSR count). The fourth-order valence-corrected chi connectivity index (χ4v) is 6.64. The molecule has 1 saturated carbocycles. The van der Waals surface area contributed by atoms with Gasteiger partial charge in [-0.3, -0.25) is 9.59 Å². The molecule has 1 unspecified atom stereocenters. The molecule has 7 nitrogen and oxygen atoms in total. The van der Waals surface area contributed by atoms with Gasteiger partial charge in [0.1, 0.15) is 9.84 Å². The number of aromatic amines is 1. The summed E-state index contributed by atoms with van der Waals surface area (Å²) in [5.74, 6) is -0.573. The zero-order valence-electron chi connectivity index (χ0n) is 20.7. The van der Waals surface area contributed by atoms with E-state index >= 15 is 0 Å². The van der Waals surface area contributed by atoms with Gasteiger partial charge in [0.15, 0.2) is 0 Å². The van der Waals surface area contributed by atoms with Crippen LogP contribution in [0.25, 0.3) is 0 Å². The summed E-state index contributed by atoms with van der Waals surface area (Å²) in [5.41, 5.74) is 3.90. The van der Waals surface area contributed by atoms with E-state index in [1.165, 1.54) is 6.26 Å². The molecule has 0 aliphatic heterocycles. The minimum Gasteiger partial charge on any atom is -0.369 e. The third kappa shape index (κ3) is 5.95. The fraction of sp³-hybridized carbons (Fsp3) is 0.600. The van der Waals surface area contributed by atoms with Gasteiger partial charge < -0.3 is 15.2 Å². The lowest BCUT2D eigenvalue weighted by Gasteiger charge is -2.40. The number of nitrogens with zero attached hydrogens (tertiary/aromatic N) is 1. The van der Waals surface area contributed by atoms with Crippen LogP contribution in [-0.2, 0) is 21.2 Å². The highest BCUT2D eigenvalue weighted by Crippen LogP contribution is 2.36. The number of aryl methyl sites for hydroxylation is 2. The fourth-order valence-electron chi connectivity index (χ4n) is 5.26. The summed E-state index contributed by atoms with van der Waals surface area (Å²) >= 11 is 6.51. The molecular weight excluding hydrogens is 474 g/mol. The average Bonchev–Trinajstić information content (AvgIpc) is 2.75. The number of carbonyl (C=O) groups excluding carboxylic acids is 1. The third-order valence-corrected chi connectivity index (χ3v) is 9.15. The zero-order valence-corrected chi connectivity index (χ0v) is 22.3. The van der Waals surface area contributed by atoms with Gasteiger partial charge in [-0.15, -0.1) is 0 Å². The molecule has 1 fully saturated rings. The van der Waals surface area contributed by atoms with Crippen LogP contribution in [0.3, 0.4) is 0 Å². The first-order valence-electron chi connectivity index (χ1n) is 11.9. The quantitative estimate of drug-likeness (QED) is 0.583. The molecule has 2 aliphatic rings. The van der Waals surface area contributed by atoms with Gasteiger partial charge in [0.2, 0.25) is 5.91 Å². The van der Waals surface area contributed by atoms with Crippen molar-refractivity contribution >= 4 is 27.3 Å². The third-order valence-electron chi connectivity index (χ3n) is 7.21. The van der Waals surface area contributed by atoms with E-state index in [2.05, 4.69) is 22.1 Å². The van der Waals surface area contributed by atoms with E-state index in [1.54, 1.807) is 0 Å². The van der Waals surface area contributed by atoms with Crippen molar-refractivity contribution in [3.05, 3.63) is 55.6 Å². The number of hydrogen-bond donors (Lipinski definition) is 2. The van der Waals surface area contributed by atoms with Crippen molar-refractivity contribution in [1.82, 2.24) is 15.2 Å². The number of H-pyrrole nitrogens is 1. The predicted molar refractivity (Wildman–Crippen MR) is 136 cm³/mol. The Bertz CT molecular complexity index is 1160. The SMILES string of the molecule is CCN(C1=C(C)C(C(=O)NCc2c(C)cc(C)[nH]c2=O)CC(Cl)=C1)[C@H]1CC[C@@H](S(C)(=O)=O)CC1. The predicted octanol–water partition coefficient (Wildman–Crippen LogP) is 3.70. The second-order valence-corrected chi connectivity index (χ2v) is 12.4. The molecule has 0 spiro atoms. The molecule has 1 heterocycles. The number of amides is 1. The summed E-state index contributed by atoms with van der Waals surface area (Å²) in [6.45, 7) is 8.64. The second-order valence-electron chi connectivity index (χ2n) is 9.62. The Morgan fingerprint density at radius 1 is 1.21 bits per heavy atom. The Hall–Kier alpha value is -2.06. The highest BCUT2D eigenvalue weighted by molar-refractivity contribution is 7.91. The molecule has 188 valence electrons. The number of rotatable bonds is 7. The Morgan fingerprint density at radius 3 is 2.41 bits per heavy atom. The molecule has 2 aliphatic carbocycles. The van der Waals surface area contributed by atoms with Crippen molar-refractivity contribution in [3.8, 4) is 0 Å². The van der Waals surface area contributed by atoms with Crippen LogP contribution < -0.4 is 10.9 Å². The summed E-state index contributed by atoms with van der Waals surface area (Å²) < 4.78 is 23.9. The van der Waals surface area contributed by atoms with Gasteiger partial charge in [-0.1, -0.05) is 11.6 Å². The van der Waals surface area contributed by atoms with E-state index in [4.69, 9.17) is 11.6 Å². The Labute approximate surface area is 207 Å². The molecule has 9 heteroatoms. The number of sulfone groups is 1. The van der Waals surface area contributed by atoms with Crippen LogP contribution in [0.1, 0.15) is 62.8 Å². The number of hydrogen-bond acceptors (Lipinski definition) is 5. The van der Waals surface area contributed by atoms with Crippen LogP contribution in [0.15, 0.2) is 33.2 Å². The molecule has 1 amide bonds. The van der Waals surface area contributed by atoms with E-state index < -0.39 is 15.8 Å². The zero-order chi connectivity index (χ0) is 25.2. The van der Waals surface area contributed by atoms with Crippen molar-refractivity contribution in [2.45, 2.75) is 77.6 Å². The molecule has 0 aromatic carbocycles. The number of allylic oxidation sites excluding steroid dienone is 2. The first kappa shape index (κ1) is 26.5. The van der Waals surface area contributed by atoms with Gasteiger partial charge >= 0.3 is 0 Å². The van der Waals surface area contributed by atoms with E-state index in [9.17, 15) is 18.0 Å². The van der Waals surface area contributed by atoms with Gasteiger partial charge in [0.05, 0.1) is 11.2 Å². The van der Waals surface area contributed by atoms with Crippen LogP contribution >= 0.6 is 11.6 Å². The van der Waals surface area contributed by atoms with Gasteiger partial charge in [-0.25, -0.2) is 8.42 Å². The lowest BCUT2D eigenvalue weighted by atomic mass is 9.87. The second kappa shape index (κ2) is 10.7. The first-order chi connectivity index (χ1) is 15.9. The maximum atomic E-state index is 13.2. The van der Waals surface area contributed by atoms with Gasteiger partial charge in [-0.2, -0.15) is 0 Å². The maximum Gasteiger partial charge on any atom is 0.253 e. The summed E-state index contributed by atoms with van der Waals surface area (Å²) in [4.78, 5) is 30.5. The number of likely N-dealkylation sites (N-methyl/N-ethyl adjacent to an activating group) is 1. The summed E-state index contributed by atoms with van der Waals surface area (Å²) in [6, 6.07) is 2.11. The topological polar surface area (TPSA) is 99.3 Å². The summed E-state index contributed by atoms with van der Waals surface area (Å²) in [6.07, 6.45) is 6.57. The number of pyridine rings is 1. The first-order valence-corrected chi connectivity index (χ1v) is 14.2. The Kier molecular flexibility index (Phi) is 8.34. The minimum atomic E-state index is -3.03. The lowest BCUT2D eigenvalue weighted by Crippen LogP contribution is -2.42. The number of aromatic nitrogens is 1. The molecule has 0 radical (unpaired) electrons. The Balaban J connectivity index is 1.77. The highest BCUT2D eigenvalue weighted by Gasteiger charge is 2.34. The van der Waals surface area contributed by atoms with E-state index in [0.717, 1.165) is 41.9 Å². The van der Waals surface area contributed by atoms with E-state index in [-0.39, 0.29) is 29.3 Å². The van der Waals surface area contributed by atoms with Crippen LogP contribution in [0.2, 0.25) is 0 Å². The monoisotopic (exact) mass is 509 g/mol. The molecule has 0 bridgehead atoms. The highest BCUT2D eigenvalue weighted by atomic mass is 35.5. The molecule has 34 heavy (non-hydrogen) atoms. The van der Waals surface area contributed by atoms with Gasteiger partial charge in [-0.05, 0) is 83.1 Å². The van der Waals surface area contributed by atoms with Crippen molar-refractivity contribution < 1.29 is 13.2 Å². The smallest absolute Gasteiger partial charge is 0.253 e. The van der Waals surface area contributed by atoms with Gasteiger partial charge in [0.25, 0.3) is 5.56 Å². The average molecular weight is 510 g/mol. The number of nitrogens with one attached hydrogen (secondary N) is 2. The molecule has 0 saturated heterocycles. The summed E-state index contributed by atoms with van der Waals surface area (Å²) in [7, 11) is -3.03. The van der Waals surface area contributed by atoms with Crippen molar-refractivity contribution in [2.24, 2.45) is 5.92 Å². The van der Waals surface area contributed by atoms with Crippen LogP contribution in [0.5, 0.6) is 0 Å². The van der Waals surface area contributed by atoms with Crippen LogP contribution in [-0.4, -0.2) is 48.3 Å². The molecule has 1 aromatic rings. The van der Waals surface area contributed by atoms with Crippen LogP contribution in [0, 0.1) is 19.8 Å². The van der Waals surface area contributed by atoms with Crippen molar-refractivity contribution in [2.75, 3.05) is 12.8 Å². The van der Waals surface area contributed by atoms with Crippen molar-refractivity contribution in [1.29, 1.82) is 0 Å². The minimum absolute atomic E-state index is 0.155. The molecular formula is C25H36ClN3O4S. The number of halogens is 1. The van der Waals surface area contributed by atoms with Gasteiger partial charge in [0, 0.05) is 47.4 Å². The molecule has 1 atom stereocenters. The summed E-state index contributed by atoms with van der Waals surface area (Å²) in [5, 5.41) is 3.29. The lowest BCUT2D eigenvalue weighted by molar-refractivity contribution is -0.124. The van der Waals surface area contributed by atoms with Crippen molar-refractivity contribution in [3.63, 3.8) is 0 Å². The van der Waals surface area contributed by atoms with E-state index in [0.29, 0.717) is 29.9 Å². The standard InChI is InChI=1S/C25H36ClN3O4S/c1-6-29(19-7-9-20(10-8-19)34(5,32)33)23-13-18(26)12-21(17(23)4)24(30)27-14-22-15(2)11-16(3)28-25(22)31/h11,13,19-21H,6-10,12,14H2,1-5H3,(H,27,30)(H,28,31)/t19-,20+,21?.